The first kappa shape index (κ1) is 25.1. The van der Waals surface area contributed by atoms with Crippen LogP contribution in [-0.2, 0) is 16.2 Å². The lowest BCUT2D eigenvalue weighted by atomic mass is 9.82. The predicted molar refractivity (Wildman–Crippen MR) is 126 cm³/mol. The standard InChI is InChI=1S/C24H28ClF3N2O3S/c1-16-21(10-9-20(23(16)25)30-11-5-6-12-30)33-18-13-17(14-18)15-29(2)34(31,32)22-8-4-3-7-19(22)24(26,27)28/h3-4,7-10,17-18H,5-6,11-15H2,1-2H3. The molecule has 4 rings (SSSR count). The van der Waals surface area contributed by atoms with E-state index >= 15 is 0 Å². The Kier molecular flexibility index (Phi) is 7.09. The number of hydrogen-bond donors (Lipinski definition) is 0. The number of nitrogens with zero attached hydrogens (tertiary/aromatic N) is 2. The molecule has 5 nitrogen and oxygen atoms in total. The van der Waals surface area contributed by atoms with E-state index in [4.69, 9.17) is 16.3 Å². The average Bonchev–Trinajstić information content (AvgIpc) is 3.29. The van der Waals surface area contributed by atoms with Gasteiger partial charge >= 0.3 is 6.18 Å². The van der Waals surface area contributed by atoms with E-state index in [0.717, 1.165) is 53.6 Å². The molecule has 0 bridgehead atoms. The Morgan fingerprint density at radius 1 is 1.12 bits per heavy atom. The van der Waals surface area contributed by atoms with E-state index in [-0.39, 0.29) is 18.6 Å². The van der Waals surface area contributed by atoms with E-state index < -0.39 is 26.7 Å². The fourth-order valence-corrected chi connectivity index (χ4v) is 6.37. The van der Waals surface area contributed by atoms with E-state index in [0.29, 0.717) is 23.6 Å². The summed E-state index contributed by atoms with van der Waals surface area (Å²) >= 11 is 6.60. The molecule has 1 saturated heterocycles. The molecule has 0 spiro atoms. The highest BCUT2D eigenvalue weighted by Gasteiger charge is 2.40. The first-order valence-corrected chi connectivity index (χ1v) is 13.1. The maximum Gasteiger partial charge on any atom is 0.417 e. The van der Waals surface area contributed by atoms with E-state index in [9.17, 15) is 21.6 Å². The lowest BCUT2D eigenvalue weighted by molar-refractivity contribution is -0.139. The fourth-order valence-electron chi connectivity index (χ4n) is 4.64. The molecule has 0 radical (unpaired) electrons. The van der Waals surface area contributed by atoms with E-state index in [2.05, 4.69) is 4.90 Å². The monoisotopic (exact) mass is 516 g/mol. The van der Waals surface area contributed by atoms with Crippen LogP contribution in [0.1, 0.15) is 36.8 Å². The first-order chi connectivity index (χ1) is 16.0. The normalized spacial score (nSPS) is 21.1. The van der Waals surface area contributed by atoms with Crippen LogP contribution >= 0.6 is 11.6 Å². The van der Waals surface area contributed by atoms with Crippen molar-refractivity contribution in [3.63, 3.8) is 0 Å². The van der Waals surface area contributed by atoms with Gasteiger partial charge in [0.05, 0.1) is 27.3 Å². The van der Waals surface area contributed by atoms with Gasteiger partial charge in [-0.3, -0.25) is 0 Å². The summed E-state index contributed by atoms with van der Waals surface area (Å²) in [6.07, 6.45) is -1.29. The second-order valence-electron chi connectivity index (χ2n) is 9.07. The van der Waals surface area contributed by atoms with Gasteiger partial charge in [-0.05, 0) is 62.8 Å². The topological polar surface area (TPSA) is 49.9 Å². The van der Waals surface area contributed by atoms with E-state index in [1.165, 1.54) is 19.2 Å². The van der Waals surface area contributed by atoms with Crippen molar-refractivity contribution in [1.29, 1.82) is 0 Å². The van der Waals surface area contributed by atoms with Crippen LogP contribution in [0.25, 0.3) is 0 Å². The summed E-state index contributed by atoms with van der Waals surface area (Å²) in [4.78, 5) is 1.55. The molecule has 0 atom stereocenters. The van der Waals surface area contributed by atoms with Gasteiger partial charge in [-0.1, -0.05) is 23.7 Å². The number of alkyl halides is 3. The van der Waals surface area contributed by atoms with Crippen molar-refractivity contribution < 1.29 is 26.3 Å². The molecule has 1 saturated carbocycles. The summed E-state index contributed by atoms with van der Waals surface area (Å²) in [5, 5.41) is 0.685. The Labute approximate surface area is 203 Å². The number of hydrogen-bond acceptors (Lipinski definition) is 4. The molecule has 2 aliphatic rings. The van der Waals surface area contributed by atoms with Crippen LogP contribution in [0, 0.1) is 12.8 Å². The lowest BCUT2D eigenvalue weighted by Crippen LogP contribution is -2.42. The quantitative estimate of drug-likeness (QED) is 0.470. The van der Waals surface area contributed by atoms with Crippen molar-refractivity contribution in [1.82, 2.24) is 4.31 Å². The van der Waals surface area contributed by atoms with Crippen molar-refractivity contribution in [3.05, 3.63) is 52.5 Å². The molecule has 1 aliphatic carbocycles. The molecular formula is C24H28ClF3N2O3S. The zero-order valence-corrected chi connectivity index (χ0v) is 20.7. The van der Waals surface area contributed by atoms with Gasteiger partial charge in [0, 0.05) is 32.2 Å². The third kappa shape index (κ3) is 5.02. The number of anilines is 1. The average molecular weight is 517 g/mol. The van der Waals surface area contributed by atoms with Gasteiger partial charge in [0.1, 0.15) is 5.75 Å². The number of halogens is 4. The van der Waals surface area contributed by atoms with Gasteiger partial charge < -0.3 is 9.64 Å². The van der Waals surface area contributed by atoms with Gasteiger partial charge in [0.25, 0.3) is 0 Å². The van der Waals surface area contributed by atoms with Crippen molar-refractivity contribution in [2.75, 3.05) is 31.6 Å². The van der Waals surface area contributed by atoms with Gasteiger partial charge in [-0.15, -0.1) is 0 Å². The second kappa shape index (κ2) is 9.59. The Balaban J connectivity index is 1.36. The van der Waals surface area contributed by atoms with Crippen LogP contribution in [-0.4, -0.2) is 45.5 Å². The first-order valence-electron chi connectivity index (χ1n) is 11.3. The molecule has 0 amide bonds. The molecule has 1 aliphatic heterocycles. The molecule has 0 N–H and O–H groups in total. The van der Waals surface area contributed by atoms with Crippen molar-refractivity contribution in [3.8, 4) is 5.75 Å². The molecule has 2 aromatic carbocycles. The van der Waals surface area contributed by atoms with Gasteiger partial charge in [-0.2, -0.15) is 13.2 Å². The maximum absolute atomic E-state index is 13.3. The zero-order chi connectivity index (χ0) is 24.7. The van der Waals surface area contributed by atoms with Crippen LogP contribution in [0.5, 0.6) is 5.75 Å². The highest BCUT2D eigenvalue weighted by molar-refractivity contribution is 7.89. The molecule has 2 fully saturated rings. The Morgan fingerprint density at radius 3 is 2.41 bits per heavy atom. The molecule has 186 valence electrons. The Hall–Kier alpha value is -1.97. The molecule has 1 heterocycles. The summed E-state index contributed by atoms with van der Waals surface area (Å²) in [5.41, 5.74) is 0.737. The number of sulfonamides is 1. The van der Waals surface area contributed by atoms with Gasteiger partial charge in [0.2, 0.25) is 10.0 Å². The third-order valence-corrected chi connectivity index (χ3v) is 9.00. The van der Waals surface area contributed by atoms with Gasteiger partial charge in [0.15, 0.2) is 0 Å². The van der Waals surface area contributed by atoms with Crippen molar-refractivity contribution >= 4 is 27.3 Å². The molecule has 34 heavy (non-hydrogen) atoms. The lowest BCUT2D eigenvalue weighted by Gasteiger charge is -2.37. The van der Waals surface area contributed by atoms with E-state index in [1.807, 2.05) is 19.1 Å². The van der Waals surface area contributed by atoms with Crippen LogP contribution in [0.15, 0.2) is 41.3 Å². The highest BCUT2D eigenvalue weighted by atomic mass is 35.5. The Bertz CT molecular complexity index is 1140. The highest BCUT2D eigenvalue weighted by Crippen LogP contribution is 2.40. The number of ether oxygens (including phenoxy) is 1. The second-order valence-corrected chi connectivity index (χ2v) is 11.5. The predicted octanol–water partition coefficient (Wildman–Crippen LogP) is 5.75. The van der Waals surface area contributed by atoms with E-state index in [1.54, 1.807) is 0 Å². The molecular weight excluding hydrogens is 489 g/mol. The Morgan fingerprint density at radius 2 is 1.76 bits per heavy atom. The van der Waals surface area contributed by atoms with Crippen LogP contribution in [0.2, 0.25) is 5.02 Å². The summed E-state index contributed by atoms with van der Waals surface area (Å²) < 4.78 is 72.7. The zero-order valence-electron chi connectivity index (χ0n) is 19.1. The fraction of sp³-hybridized carbons (Fsp3) is 0.500. The summed E-state index contributed by atoms with van der Waals surface area (Å²) in [7, 11) is -2.96. The minimum atomic E-state index is -4.75. The minimum Gasteiger partial charge on any atom is -0.490 e. The van der Waals surface area contributed by atoms with Crippen LogP contribution in [0.3, 0.4) is 0 Å². The third-order valence-electron chi connectivity index (χ3n) is 6.65. The largest absolute Gasteiger partial charge is 0.490 e. The summed E-state index contributed by atoms with van der Waals surface area (Å²) in [6.45, 7) is 4.04. The molecule has 0 unspecified atom stereocenters. The van der Waals surface area contributed by atoms with Gasteiger partial charge in [-0.25, -0.2) is 12.7 Å². The molecule has 2 aromatic rings. The van der Waals surface area contributed by atoms with Crippen molar-refractivity contribution in [2.24, 2.45) is 5.92 Å². The van der Waals surface area contributed by atoms with Crippen molar-refractivity contribution in [2.45, 2.75) is 49.8 Å². The minimum absolute atomic E-state index is 0.00229. The summed E-state index contributed by atoms with van der Waals surface area (Å²) in [5.74, 6) is 0.707. The summed E-state index contributed by atoms with van der Waals surface area (Å²) in [6, 6.07) is 8.17. The van der Waals surface area contributed by atoms with Crippen LogP contribution < -0.4 is 9.64 Å². The molecule has 0 aromatic heterocycles. The maximum atomic E-state index is 13.3. The molecule has 10 heteroatoms. The smallest absolute Gasteiger partial charge is 0.417 e. The van der Waals surface area contributed by atoms with Crippen LogP contribution in [0.4, 0.5) is 18.9 Å². The SMILES string of the molecule is Cc1c(OC2CC(CN(C)S(=O)(=O)c3ccccc3C(F)(F)F)C2)ccc(N2CCCC2)c1Cl. The number of rotatable bonds is 7. The number of benzene rings is 2.